The normalized spacial score (nSPS) is 14.4. The van der Waals surface area contributed by atoms with E-state index in [9.17, 15) is 4.57 Å². The first-order chi connectivity index (χ1) is 6.89. The van der Waals surface area contributed by atoms with Crippen molar-refractivity contribution in [2.45, 2.75) is 19.6 Å². The van der Waals surface area contributed by atoms with Gasteiger partial charge in [0.15, 0.2) is 0 Å². The summed E-state index contributed by atoms with van der Waals surface area (Å²) in [6.45, 7) is 3.37. The molecule has 82 valence electrons. The standard InChI is InChI=1S/C10H14NO3P/c1-8-3-5-10(6-4-8)7-11-9(2)15(12,13)14/h3-7,9H,1-2H3,(H2,12,13,14)/t9-/m1/s1. The van der Waals surface area contributed by atoms with Crippen LogP contribution in [-0.2, 0) is 4.57 Å². The smallest absolute Gasteiger partial charge is 0.323 e. The van der Waals surface area contributed by atoms with E-state index in [1.807, 2.05) is 31.2 Å². The van der Waals surface area contributed by atoms with Crippen molar-refractivity contribution in [1.29, 1.82) is 0 Å². The molecule has 0 fully saturated rings. The number of aliphatic imine (C=N–C) groups is 1. The second-order valence-corrected chi connectivity index (χ2v) is 5.34. The molecule has 5 heteroatoms. The second kappa shape index (κ2) is 4.71. The van der Waals surface area contributed by atoms with Crippen molar-refractivity contribution in [1.82, 2.24) is 0 Å². The van der Waals surface area contributed by atoms with E-state index >= 15 is 0 Å². The summed E-state index contributed by atoms with van der Waals surface area (Å²) < 4.78 is 10.8. The summed E-state index contributed by atoms with van der Waals surface area (Å²) in [5, 5.41) is 0. The first-order valence-electron chi connectivity index (χ1n) is 4.54. The Morgan fingerprint density at radius 1 is 1.33 bits per heavy atom. The summed E-state index contributed by atoms with van der Waals surface area (Å²) in [6, 6.07) is 7.55. The molecule has 2 N–H and O–H groups in total. The predicted molar refractivity (Wildman–Crippen MR) is 60.3 cm³/mol. The molecule has 0 aliphatic rings. The number of rotatable bonds is 3. The van der Waals surface area contributed by atoms with E-state index < -0.39 is 13.4 Å². The summed E-state index contributed by atoms with van der Waals surface area (Å²) in [5.74, 6) is -0.987. The molecule has 0 aliphatic heterocycles. The van der Waals surface area contributed by atoms with E-state index in [1.54, 1.807) is 0 Å². The molecule has 0 radical (unpaired) electrons. The van der Waals surface area contributed by atoms with Crippen molar-refractivity contribution in [2.75, 3.05) is 0 Å². The SMILES string of the molecule is Cc1ccc(C=N[C@@H](C)P(=O)(O)O)cc1. The minimum Gasteiger partial charge on any atom is -0.323 e. The Morgan fingerprint density at radius 3 is 2.33 bits per heavy atom. The third-order valence-corrected chi connectivity index (χ3v) is 3.11. The van der Waals surface area contributed by atoms with Crippen LogP contribution in [0.2, 0.25) is 0 Å². The van der Waals surface area contributed by atoms with Gasteiger partial charge in [-0.3, -0.25) is 9.56 Å². The zero-order valence-corrected chi connectivity index (χ0v) is 9.56. The van der Waals surface area contributed by atoms with Crippen LogP contribution < -0.4 is 0 Å². The third kappa shape index (κ3) is 3.96. The van der Waals surface area contributed by atoms with Crippen LogP contribution in [0, 0.1) is 6.92 Å². The molecule has 0 aliphatic carbocycles. The summed E-state index contributed by atoms with van der Waals surface area (Å²) in [7, 11) is -4.10. The van der Waals surface area contributed by atoms with Gasteiger partial charge in [-0.1, -0.05) is 29.8 Å². The van der Waals surface area contributed by atoms with Gasteiger partial charge in [0.05, 0.1) is 0 Å². The molecular weight excluding hydrogens is 213 g/mol. The predicted octanol–water partition coefficient (Wildman–Crippen LogP) is 1.94. The largest absolute Gasteiger partial charge is 0.349 e. The lowest BCUT2D eigenvalue weighted by Crippen LogP contribution is -1.99. The maximum atomic E-state index is 10.8. The quantitative estimate of drug-likeness (QED) is 0.612. The van der Waals surface area contributed by atoms with Crippen LogP contribution in [0.4, 0.5) is 0 Å². The van der Waals surface area contributed by atoms with Crippen molar-refractivity contribution < 1.29 is 14.4 Å². The van der Waals surface area contributed by atoms with E-state index in [1.165, 1.54) is 13.1 Å². The zero-order chi connectivity index (χ0) is 11.5. The van der Waals surface area contributed by atoms with Crippen molar-refractivity contribution in [3.63, 3.8) is 0 Å². The van der Waals surface area contributed by atoms with E-state index in [-0.39, 0.29) is 0 Å². The van der Waals surface area contributed by atoms with Crippen LogP contribution in [0.15, 0.2) is 29.3 Å². The van der Waals surface area contributed by atoms with Crippen molar-refractivity contribution in [2.24, 2.45) is 4.99 Å². The summed E-state index contributed by atoms with van der Waals surface area (Å²) in [4.78, 5) is 21.4. The fourth-order valence-corrected chi connectivity index (χ4v) is 1.17. The average molecular weight is 227 g/mol. The minimum absolute atomic E-state index is 0.834. The van der Waals surface area contributed by atoms with E-state index in [0.29, 0.717) is 0 Å². The summed E-state index contributed by atoms with van der Waals surface area (Å²) in [5.41, 5.74) is 1.97. The molecule has 1 aromatic rings. The van der Waals surface area contributed by atoms with Crippen LogP contribution >= 0.6 is 7.60 Å². The van der Waals surface area contributed by atoms with Crippen molar-refractivity contribution in [3.8, 4) is 0 Å². The maximum Gasteiger partial charge on any atom is 0.349 e. The van der Waals surface area contributed by atoms with Gasteiger partial charge in [-0.05, 0) is 19.4 Å². The van der Waals surface area contributed by atoms with Crippen LogP contribution in [0.1, 0.15) is 18.1 Å². The molecule has 0 heterocycles. The van der Waals surface area contributed by atoms with E-state index in [0.717, 1.165) is 11.1 Å². The van der Waals surface area contributed by atoms with Gasteiger partial charge in [-0.25, -0.2) is 0 Å². The highest BCUT2D eigenvalue weighted by molar-refractivity contribution is 7.52. The van der Waals surface area contributed by atoms with Gasteiger partial charge in [0, 0.05) is 6.21 Å². The van der Waals surface area contributed by atoms with Gasteiger partial charge < -0.3 is 9.79 Å². The lowest BCUT2D eigenvalue weighted by Gasteiger charge is -2.07. The number of nitrogens with zero attached hydrogens (tertiary/aromatic N) is 1. The Kier molecular flexibility index (Phi) is 3.80. The van der Waals surface area contributed by atoms with Crippen LogP contribution in [0.3, 0.4) is 0 Å². The van der Waals surface area contributed by atoms with Gasteiger partial charge in [0.2, 0.25) is 0 Å². The highest BCUT2D eigenvalue weighted by Crippen LogP contribution is 2.41. The van der Waals surface area contributed by atoms with Gasteiger partial charge in [0.1, 0.15) is 5.78 Å². The Hall–Kier alpha value is -0.960. The number of hydrogen-bond acceptors (Lipinski definition) is 2. The Morgan fingerprint density at radius 2 is 1.87 bits per heavy atom. The molecular formula is C10H14NO3P. The lowest BCUT2D eigenvalue weighted by atomic mass is 10.2. The topological polar surface area (TPSA) is 69.9 Å². The number of hydrogen-bond donors (Lipinski definition) is 2. The molecule has 0 aromatic heterocycles. The fraction of sp³-hybridized carbons (Fsp3) is 0.300. The highest BCUT2D eigenvalue weighted by atomic mass is 31.2. The molecule has 0 amide bonds. The van der Waals surface area contributed by atoms with E-state index in [2.05, 4.69) is 4.99 Å². The van der Waals surface area contributed by atoms with E-state index in [4.69, 9.17) is 9.79 Å². The molecule has 0 bridgehead atoms. The number of benzene rings is 1. The molecule has 1 atom stereocenters. The average Bonchev–Trinajstić information content (AvgIpc) is 2.15. The first kappa shape index (κ1) is 12.1. The van der Waals surface area contributed by atoms with Crippen molar-refractivity contribution >= 4 is 13.8 Å². The molecule has 15 heavy (non-hydrogen) atoms. The molecule has 1 aromatic carbocycles. The molecule has 0 unspecified atom stereocenters. The molecule has 1 rings (SSSR count). The Bertz CT molecular complexity index is 394. The second-order valence-electron chi connectivity index (χ2n) is 3.41. The summed E-state index contributed by atoms with van der Waals surface area (Å²) in [6.07, 6.45) is 1.48. The molecule has 4 nitrogen and oxygen atoms in total. The zero-order valence-electron chi connectivity index (χ0n) is 8.66. The highest BCUT2D eigenvalue weighted by Gasteiger charge is 2.21. The van der Waals surface area contributed by atoms with Gasteiger partial charge in [0.25, 0.3) is 0 Å². The van der Waals surface area contributed by atoms with Gasteiger partial charge in [-0.15, -0.1) is 0 Å². The fourth-order valence-electron chi connectivity index (χ4n) is 0.933. The van der Waals surface area contributed by atoms with Gasteiger partial charge >= 0.3 is 7.60 Å². The Labute approximate surface area is 88.8 Å². The van der Waals surface area contributed by atoms with Crippen molar-refractivity contribution in [3.05, 3.63) is 35.4 Å². The summed E-state index contributed by atoms with van der Waals surface area (Å²) >= 11 is 0. The molecule has 0 saturated heterocycles. The van der Waals surface area contributed by atoms with Crippen LogP contribution in [-0.4, -0.2) is 21.8 Å². The van der Waals surface area contributed by atoms with Crippen LogP contribution in [0.25, 0.3) is 0 Å². The van der Waals surface area contributed by atoms with Gasteiger partial charge in [-0.2, -0.15) is 0 Å². The molecule has 0 spiro atoms. The first-order valence-corrected chi connectivity index (χ1v) is 6.23. The molecule has 0 saturated carbocycles. The number of aryl methyl sites for hydroxylation is 1. The van der Waals surface area contributed by atoms with Crippen LogP contribution in [0.5, 0.6) is 0 Å². The Balaban J connectivity index is 2.74. The third-order valence-electron chi connectivity index (χ3n) is 2.00. The lowest BCUT2D eigenvalue weighted by molar-refractivity contribution is 0.362. The minimum atomic E-state index is -4.10. The maximum absolute atomic E-state index is 10.8. The monoisotopic (exact) mass is 227 g/mol.